The number of likely N-dealkylation sites (N-methyl/N-ethyl adjacent to an activating group) is 1. The van der Waals surface area contributed by atoms with Crippen LogP contribution >= 0.6 is 11.6 Å². The Bertz CT molecular complexity index is 550. The summed E-state index contributed by atoms with van der Waals surface area (Å²) in [4.78, 5) is 9.38. The van der Waals surface area contributed by atoms with Crippen molar-refractivity contribution in [3.8, 4) is 0 Å². The molecule has 0 radical (unpaired) electrons. The molecule has 1 saturated heterocycles. The summed E-state index contributed by atoms with van der Waals surface area (Å²) in [5.74, 6) is 1.48. The molecule has 0 aromatic heterocycles. The lowest BCUT2D eigenvalue weighted by Gasteiger charge is -2.40. The van der Waals surface area contributed by atoms with Crippen molar-refractivity contribution in [2.75, 3.05) is 53.4 Å². The van der Waals surface area contributed by atoms with Crippen LogP contribution in [0.5, 0.6) is 0 Å². The highest BCUT2D eigenvalue weighted by Crippen LogP contribution is 2.13. The van der Waals surface area contributed by atoms with Gasteiger partial charge in [0.1, 0.15) is 0 Å². The largest absolute Gasteiger partial charge is 0.356 e. The van der Waals surface area contributed by atoms with Crippen LogP contribution in [0, 0.1) is 5.92 Å². The molecule has 146 valence electrons. The molecule has 1 atom stereocenters. The van der Waals surface area contributed by atoms with Crippen molar-refractivity contribution in [1.82, 2.24) is 20.4 Å². The number of aliphatic imine (C=N–C) groups is 1. The van der Waals surface area contributed by atoms with Crippen LogP contribution in [-0.4, -0.2) is 75.2 Å². The van der Waals surface area contributed by atoms with Crippen molar-refractivity contribution >= 4 is 17.6 Å². The van der Waals surface area contributed by atoms with Gasteiger partial charge in [0.15, 0.2) is 5.96 Å². The number of hydrogen-bond acceptors (Lipinski definition) is 3. The lowest BCUT2D eigenvalue weighted by Crippen LogP contribution is -2.55. The van der Waals surface area contributed by atoms with Gasteiger partial charge >= 0.3 is 0 Å². The van der Waals surface area contributed by atoms with E-state index < -0.39 is 0 Å². The van der Waals surface area contributed by atoms with E-state index >= 15 is 0 Å². The summed E-state index contributed by atoms with van der Waals surface area (Å²) in [5.41, 5.74) is 1.27. The van der Waals surface area contributed by atoms with Gasteiger partial charge in [-0.05, 0) is 37.1 Å². The molecule has 6 heteroatoms. The molecule has 1 fully saturated rings. The minimum absolute atomic E-state index is 0.526. The Balaban J connectivity index is 1.77. The zero-order valence-electron chi connectivity index (χ0n) is 16.6. The molecular formula is C20H34ClN5. The first kappa shape index (κ1) is 21.0. The van der Waals surface area contributed by atoms with Gasteiger partial charge in [0.05, 0.1) is 0 Å². The van der Waals surface area contributed by atoms with Gasteiger partial charge in [0, 0.05) is 57.4 Å². The highest BCUT2D eigenvalue weighted by Gasteiger charge is 2.24. The van der Waals surface area contributed by atoms with Crippen LogP contribution in [0.2, 0.25) is 5.02 Å². The van der Waals surface area contributed by atoms with Gasteiger partial charge in [-0.25, -0.2) is 0 Å². The molecule has 0 spiro atoms. The highest BCUT2D eigenvalue weighted by molar-refractivity contribution is 6.30. The molecule has 2 rings (SSSR count). The van der Waals surface area contributed by atoms with Gasteiger partial charge in [-0.15, -0.1) is 0 Å². The summed E-state index contributed by atoms with van der Waals surface area (Å²) >= 11 is 5.94. The topological polar surface area (TPSA) is 42.9 Å². The zero-order valence-corrected chi connectivity index (χ0v) is 17.4. The molecule has 1 unspecified atom stereocenters. The minimum atomic E-state index is 0.526. The summed E-state index contributed by atoms with van der Waals surface area (Å²) in [6.45, 7) is 11.0. The Morgan fingerprint density at radius 2 is 1.77 bits per heavy atom. The van der Waals surface area contributed by atoms with Crippen molar-refractivity contribution in [2.45, 2.75) is 26.3 Å². The van der Waals surface area contributed by atoms with Crippen LogP contribution < -0.4 is 10.6 Å². The SMILES string of the molecule is CN=C(NCCc1ccc(Cl)cc1)NCC(C(C)C)N1CCN(C)CC1. The molecule has 1 aromatic rings. The third-order valence-electron chi connectivity index (χ3n) is 5.10. The molecule has 1 aliphatic heterocycles. The number of hydrogen-bond donors (Lipinski definition) is 2. The Kier molecular flexibility index (Phi) is 8.69. The van der Waals surface area contributed by atoms with E-state index in [4.69, 9.17) is 11.6 Å². The standard InChI is InChI=1S/C20H34ClN5/c1-16(2)19(26-13-11-25(4)12-14-26)15-24-20(22-3)23-10-9-17-5-7-18(21)8-6-17/h5-8,16,19H,9-15H2,1-4H3,(H2,22,23,24). The van der Waals surface area contributed by atoms with E-state index in [-0.39, 0.29) is 0 Å². The molecule has 2 N–H and O–H groups in total. The lowest BCUT2D eigenvalue weighted by atomic mass is 10.0. The van der Waals surface area contributed by atoms with Gasteiger partial charge in [0.25, 0.3) is 0 Å². The van der Waals surface area contributed by atoms with E-state index in [1.165, 1.54) is 5.56 Å². The van der Waals surface area contributed by atoms with Crippen molar-refractivity contribution in [1.29, 1.82) is 0 Å². The summed E-state index contributed by atoms with van der Waals surface area (Å²) in [5, 5.41) is 7.71. The number of piperazine rings is 1. The zero-order chi connectivity index (χ0) is 18.9. The molecule has 0 bridgehead atoms. The fraction of sp³-hybridized carbons (Fsp3) is 0.650. The van der Waals surface area contributed by atoms with E-state index in [9.17, 15) is 0 Å². The predicted octanol–water partition coefficient (Wildman–Crippen LogP) is 2.32. The molecule has 1 aromatic carbocycles. The Labute approximate surface area is 163 Å². The second-order valence-corrected chi connectivity index (χ2v) is 7.84. The fourth-order valence-electron chi connectivity index (χ4n) is 3.34. The molecule has 1 heterocycles. The van der Waals surface area contributed by atoms with Crippen molar-refractivity contribution in [3.63, 3.8) is 0 Å². The van der Waals surface area contributed by atoms with Gasteiger partial charge in [-0.2, -0.15) is 0 Å². The quantitative estimate of drug-likeness (QED) is 0.563. The number of halogens is 1. The van der Waals surface area contributed by atoms with E-state index in [1.54, 1.807) is 0 Å². The fourth-order valence-corrected chi connectivity index (χ4v) is 3.46. The summed E-state index contributed by atoms with van der Waals surface area (Å²) < 4.78 is 0. The number of guanidine groups is 1. The van der Waals surface area contributed by atoms with Crippen LogP contribution in [0.15, 0.2) is 29.3 Å². The molecule has 26 heavy (non-hydrogen) atoms. The maximum absolute atomic E-state index is 5.94. The molecule has 0 amide bonds. The first-order chi connectivity index (χ1) is 12.5. The lowest BCUT2D eigenvalue weighted by molar-refractivity contribution is 0.0900. The number of rotatable bonds is 7. The van der Waals surface area contributed by atoms with Crippen LogP contribution in [0.3, 0.4) is 0 Å². The first-order valence-electron chi connectivity index (χ1n) is 9.61. The molecular weight excluding hydrogens is 346 g/mol. The molecule has 5 nitrogen and oxygen atoms in total. The third-order valence-corrected chi connectivity index (χ3v) is 5.35. The summed E-state index contributed by atoms with van der Waals surface area (Å²) in [7, 11) is 4.03. The van der Waals surface area contributed by atoms with Crippen LogP contribution in [0.1, 0.15) is 19.4 Å². The average Bonchev–Trinajstić information content (AvgIpc) is 2.63. The van der Waals surface area contributed by atoms with Crippen LogP contribution in [-0.2, 0) is 6.42 Å². The Hall–Kier alpha value is -1.30. The second-order valence-electron chi connectivity index (χ2n) is 7.41. The Morgan fingerprint density at radius 3 is 2.35 bits per heavy atom. The van der Waals surface area contributed by atoms with E-state index in [0.29, 0.717) is 12.0 Å². The monoisotopic (exact) mass is 379 g/mol. The van der Waals surface area contributed by atoms with Gasteiger partial charge in [-0.1, -0.05) is 37.6 Å². The Morgan fingerprint density at radius 1 is 1.12 bits per heavy atom. The van der Waals surface area contributed by atoms with Gasteiger partial charge in [0.2, 0.25) is 0 Å². The van der Waals surface area contributed by atoms with Gasteiger partial charge in [-0.3, -0.25) is 9.89 Å². The molecule has 0 saturated carbocycles. The number of nitrogens with one attached hydrogen (secondary N) is 2. The normalized spacial score (nSPS) is 18.2. The van der Waals surface area contributed by atoms with Crippen molar-refractivity contribution in [3.05, 3.63) is 34.9 Å². The summed E-state index contributed by atoms with van der Waals surface area (Å²) in [6.07, 6.45) is 0.948. The first-order valence-corrected chi connectivity index (χ1v) is 9.99. The third kappa shape index (κ3) is 6.78. The average molecular weight is 380 g/mol. The van der Waals surface area contributed by atoms with E-state index in [1.807, 2.05) is 19.2 Å². The van der Waals surface area contributed by atoms with Crippen molar-refractivity contribution in [2.24, 2.45) is 10.9 Å². The minimum Gasteiger partial charge on any atom is -0.356 e. The van der Waals surface area contributed by atoms with Crippen LogP contribution in [0.25, 0.3) is 0 Å². The predicted molar refractivity (Wildman–Crippen MR) is 112 cm³/mol. The maximum Gasteiger partial charge on any atom is 0.191 e. The number of nitrogens with zero attached hydrogens (tertiary/aromatic N) is 3. The van der Waals surface area contributed by atoms with Crippen molar-refractivity contribution < 1.29 is 0 Å². The highest BCUT2D eigenvalue weighted by atomic mass is 35.5. The smallest absolute Gasteiger partial charge is 0.191 e. The maximum atomic E-state index is 5.94. The van der Waals surface area contributed by atoms with Gasteiger partial charge < -0.3 is 15.5 Å². The van der Waals surface area contributed by atoms with E-state index in [2.05, 4.69) is 58.5 Å². The molecule has 1 aliphatic rings. The number of benzene rings is 1. The summed E-state index contributed by atoms with van der Waals surface area (Å²) in [6, 6.07) is 8.55. The molecule has 0 aliphatic carbocycles. The van der Waals surface area contributed by atoms with Crippen LogP contribution in [0.4, 0.5) is 0 Å². The second kappa shape index (κ2) is 10.8. The van der Waals surface area contributed by atoms with E-state index in [0.717, 1.165) is 56.7 Å².